The van der Waals surface area contributed by atoms with E-state index >= 15 is 0 Å². The second-order valence-electron chi connectivity index (χ2n) is 4.91. The van der Waals surface area contributed by atoms with Gasteiger partial charge in [-0.05, 0) is 43.9 Å². The number of esters is 1. The van der Waals surface area contributed by atoms with E-state index in [-0.39, 0.29) is 12.5 Å². The van der Waals surface area contributed by atoms with Crippen molar-refractivity contribution in [2.75, 3.05) is 18.5 Å². The molecule has 0 saturated carbocycles. The Bertz CT molecular complexity index is 507. The molecule has 0 aliphatic carbocycles. The van der Waals surface area contributed by atoms with Crippen molar-refractivity contribution in [2.45, 2.75) is 32.8 Å². The van der Waals surface area contributed by atoms with Crippen LogP contribution in [0.5, 0.6) is 0 Å². The summed E-state index contributed by atoms with van der Waals surface area (Å²) in [5.41, 5.74) is 2.84. The number of hydrogen-bond donors (Lipinski definition) is 1. The molecule has 1 saturated heterocycles. The second-order valence-corrected chi connectivity index (χ2v) is 4.91. The molecule has 0 unspecified atom stereocenters. The summed E-state index contributed by atoms with van der Waals surface area (Å²) in [5, 5.41) is 2.74. The van der Waals surface area contributed by atoms with Gasteiger partial charge in [0.2, 0.25) is 0 Å². The highest BCUT2D eigenvalue weighted by Crippen LogP contribution is 2.18. The SMILES string of the molecule is Cc1cccc(NC(=O)COC(=O)[C@@H]2CCCO2)c1C. The molecule has 1 amide bonds. The minimum atomic E-state index is -0.511. The molecular formula is C15H19NO4. The van der Waals surface area contributed by atoms with Gasteiger partial charge in [0.1, 0.15) is 0 Å². The summed E-state index contributed by atoms with van der Waals surface area (Å²) in [7, 11) is 0. The van der Waals surface area contributed by atoms with Crippen LogP contribution >= 0.6 is 0 Å². The van der Waals surface area contributed by atoms with E-state index in [2.05, 4.69) is 5.32 Å². The molecule has 5 nitrogen and oxygen atoms in total. The third kappa shape index (κ3) is 3.57. The Morgan fingerprint density at radius 2 is 2.20 bits per heavy atom. The van der Waals surface area contributed by atoms with Crippen LogP contribution in [0, 0.1) is 13.8 Å². The summed E-state index contributed by atoms with van der Waals surface area (Å²) >= 11 is 0. The smallest absolute Gasteiger partial charge is 0.335 e. The Balaban J connectivity index is 1.83. The number of carbonyl (C=O) groups excluding carboxylic acids is 2. The Morgan fingerprint density at radius 1 is 1.40 bits per heavy atom. The number of amides is 1. The topological polar surface area (TPSA) is 64.6 Å². The van der Waals surface area contributed by atoms with Crippen LogP contribution in [0.2, 0.25) is 0 Å². The molecular weight excluding hydrogens is 258 g/mol. The first-order valence-corrected chi connectivity index (χ1v) is 6.72. The molecule has 0 radical (unpaired) electrons. The first-order chi connectivity index (χ1) is 9.58. The van der Waals surface area contributed by atoms with Crippen molar-refractivity contribution in [1.29, 1.82) is 0 Å². The summed E-state index contributed by atoms with van der Waals surface area (Å²) < 4.78 is 10.1. The zero-order chi connectivity index (χ0) is 14.5. The van der Waals surface area contributed by atoms with Crippen LogP contribution in [0.25, 0.3) is 0 Å². The summed E-state index contributed by atoms with van der Waals surface area (Å²) in [5.74, 6) is -0.802. The van der Waals surface area contributed by atoms with E-state index in [4.69, 9.17) is 9.47 Å². The van der Waals surface area contributed by atoms with Crippen molar-refractivity contribution in [3.63, 3.8) is 0 Å². The summed E-state index contributed by atoms with van der Waals surface area (Å²) in [6, 6.07) is 5.67. The molecule has 0 spiro atoms. The van der Waals surface area contributed by atoms with Gasteiger partial charge < -0.3 is 14.8 Å². The number of ether oxygens (including phenoxy) is 2. The van der Waals surface area contributed by atoms with Crippen molar-refractivity contribution in [2.24, 2.45) is 0 Å². The maximum Gasteiger partial charge on any atom is 0.335 e. The Morgan fingerprint density at radius 3 is 2.90 bits per heavy atom. The van der Waals surface area contributed by atoms with Crippen LogP contribution in [0.1, 0.15) is 24.0 Å². The van der Waals surface area contributed by atoms with E-state index in [9.17, 15) is 9.59 Å². The molecule has 5 heteroatoms. The lowest BCUT2D eigenvalue weighted by Crippen LogP contribution is -2.27. The van der Waals surface area contributed by atoms with E-state index in [0.717, 1.165) is 23.2 Å². The first kappa shape index (κ1) is 14.5. The van der Waals surface area contributed by atoms with E-state index < -0.39 is 12.1 Å². The van der Waals surface area contributed by atoms with Gasteiger partial charge in [0, 0.05) is 12.3 Å². The normalized spacial score (nSPS) is 17.8. The fourth-order valence-electron chi connectivity index (χ4n) is 2.07. The molecule has 1 aliphatic rings. The van der Waals surface area contributed by atoms with E-state index in [1.54, 1.807) is 0 Å². The fourth-order valence-corrected chi connectivity index (χ4v) is 2.07. The Kier molecular flexibility index (Phi) is 4.74. The Labute approximate surface area is 118 Å². The van der Waals surface area contributed by atoms with E-state index in [1.807, 2.05) is 32.0 Å². The van der Waals surface area contributed by atoms with Crippen LogP contribution < -0.4 is 5.32 Å². The van der Waals surface area contributed by atoms with Gasteiger partial charge in [0.25, 0.3) is 5.91 Å². The van der Waals surface area contributed by atoms with Crippen LogP contribution in [0.15, 0.2) is 18.2 Å². The molecule has 0 aromatic heterocycles. The summed E-state index contributed by atoms with van der Waals surface area (Å²) in [4.78, 5) is 23.4. The lowest BCUT2D eigenvalue weighted by atomic mass is 10.1. The van der Waals surface area contributed by atoms with Crippen LogP contribution in [0.4, 0.5) is 5.69 Å². The summed E-state index contributed by atoms with van der Waals surface area (Å²) in [6.07, 6.45) is 1.01. The molecule has 2 rings (SSSR count). The van der Waals surface area contributed by atoms with E-state index in [0.29, 0.717) is 13.0 Å². The van der Waals surface area contributed by atoms with Crippen LogP contribution in [-0.4, -0.2) is 31.2 Å². The maximum absolute atomic E-state index is 11.8. The predicted molar refractivity (Wildman–Crippen MR) is 74.5 cm³/mol. The lowest BCUT2D eigenvalue weighted by Gasteiger charge is -2.12. The number of hydrogen-bond acceptors (Lipinski definition) is 4. The van der Waals surface area contributed by atoms with Gasteiger partial charge in [0.05, 0.1) is 0 Å². The van der Waals surface area contributed by atoms with Gasteiger partial charge in [0.15, 0.2) is 12.7 Å². The molecule has 1 aliphatic heterocycles. The third-order valence-electron chi connectivity index (χ3n) is 3.42. The van der Waals surface area contributed by atoms with Gasteiger partial charge >= 0.3 is 5.97 Å². The quantitative estimate of drug-likeness (QED) is 0.854. The fraction of sp³-hybridized carbons (Fsp3) is 0.467. The highest BCUT2D eigenvalue weighted by molar-refractivity contribution is 5.93. The van der Waals surface area contributed by atoms with Crippen LogP contribution in [0.3, 0.4) is 0 Å². The molecule has 20 heavy (non-hydrogen) atoms. The van der Waals surface area contributed by atoms with Gasteiger partial charge in [-0.1, -0.05) is 12.1 Å². The van der Waals surface area contributed by atoms with Gasteiger partial charge in [-0.15, -0.1) is 0 Å². The number of aryl methyl sites for hydroxylation is 1. The van der Waals surface area contributed by atoms with Crippen molar-refractivity contribution < 1.29 is 19.1 Å². The molecule has 1 N–H and O–H groups in total. The average Bonchev–Trinajstić information content (AvgIpc) is 2.95. The van der Waals surface area contributed by atoms with Crippen LogP contribution in [-0.2, 0) is 19.1 Å². The van der Waals surface area contributed by atoms with Crippen molar-refractivity contribution in [3.8, 4) is 0 Å². The molecule has 1 fully saturated rings. The van der Waals surface area contributed by atoms with Gasteiger partial charge in [-0.2, -0.15) is 0 Å². The number of benzene rings is 1. The molecule has 1 atom stereocenters. The maximum atomic E-state index is 11.8. The highest BCUT2D eigenvalue weighted by Gasteiger charge is 2.25. The molecule has 1 heterocycles. The Hall–Kier alpha value is -1.88. The third-order valence-corrected chi connectivity index (χ3v) is 3.42. The predicted octanol–water partition coefficient (Wildman–Crippen LogP) is 1.96. The van der Waals surface area contributed by atoms with Crippen molar-refractivity contribution in [3.05, 3.63) is 29.3 Å². The second kappa shape index (κ2) is 6.52. The monoisotopic (exact) mass is 277 g/mol. The zero-order valence-electron chi connectivity index (χ0n) is 11.8. The van der Waals surface area contributed by atoms with Gasteiger partial charge in [-0.25, -0.2) is 4.79 Å². The molecule has 1 aromatic carbocycles. The minimum absolute atomic E-state index is 0.286. The standard InChI is InChI=1S/C15H19NO4/c1-10-5-3-6-12(11(10)2)16-14(17)9-20-15(18)13-7-4-8-19-13/h3,5-6,13H,4,7-9H2,1-2H3,(H,16,17)/t13-/m0/s1. The minimum Gasteiger partial charge on any atom is -0.454 e. The molecule has 108 valence electrons. The summed E-state index contributed by atoms with van der Waals surface area (Å²) in [6.45, 7) is 4.20. The highest BCUT2D eigenvalue weighted by atomic mass is 16.6. The zero-order valence-corrected chi connectivity index (χ0v) is 11.8. The molecule has 1 aromatic rings. The van der Waals surface area contributed by atoms with E-state index in [1.165, 1.54) is 0 Å². The lowest BCUT2D eigenvalue weighted by molar-refractivity contribution is -0.156. The van der Waals surface area contributed by atoms with Gasteiger partial charge in [-0.3, -0.25) is 4.79 Å². The number of nitrogens with one attached hydrogen (secondary N) is 1. The average molecular weight is 277 g/mol. The van der Waals surface area contributed by atoms with Crippen molar-refractivity contribution >= 4 is 17.6 Å². The number of carbonyl (C=O) groups is 2. The molecule has 0 bridgehead atoms. The largest absolute Gasteiger partial charge is 0.454 e. The number of rotatable bonds is 4. The first-order valence-electron chi connectivity index (χ1n) is 6.72. The van der Waals surface area contributed by atoms with Crippen molar-refractivity contribution in [1.82, 2.24) is 0 Å². The number of anilines is 1.